The van der Waals surface area contributed by atoms with Gasteiger partial charge in [0, 0.05) is 12.1 Å². The van der Waals surface area contributed by atoms with Crippen molar-refractivity contribution in [1.29, 1.82) is 0 Å². The van der Waals surface area contributed by atoms with Crippen LogP contribution in [0.5, 0.6) is 0 Å². The van der Waals surface area contributed by atoms with Crippen molar-refractivity contribution in [2.24, 2.45) is 0 Å². The lowest BCUT2D eigenvalue weighted by atomic mass is 9.98. The molecule has 3 nitrogen and oxygen atoms in total. The monoisotopic (exact) mass is 273 g/mol. The fourth-order valence-corrected chi connectivity index (χ4v) is 2.44. The lowest BCUT2D eigenvalue weighted by Crippen LogP contribution is -2.49. The predicted octanol–water partition coefficient (Wildman–Crippen LogP) is 2.14. The SMILES string of the molecule is O=C(NC1(CO)CCCC1)c1c(F)cc(F)cc1F. The van der Waals surface area contributed by atoms with E-state index >= 15 is 0 Å². The first-order chi connectivity index (χ1) is 8.97. The Hall–Kier alpha value is -1.56. The van der Waals surface area contributed by atoms with Crippen LogP contribution >= 0.6 is 0 Å². The zero-order chi connectivity index (χ0) is 14.0. The second-order valence-electron chi connectivity index (χ2n) is 4.84. The molecule has 1 aliphatic rings. The highest BCUT2D eigenvalue weighted by molar-refractivity contribution is 5.95. The van der Waals surface area contributed by atoms with Crippen LogP contribution in [-0.2, 0) is 0 Å². The van der Waals surface area contributed by atoms with Gasteiger partial charge in [0.2, 0.25) is 0 Å². The van der Waals surface area contributed by atoms with Gasteiger partial charge in [-0.05, 0) is 12.8 Å². The van der Waals surface area contributed by atoms with E-state index in [0.29, 0.717) is 25.0 Å². The molecule has 1 saturated carbocycles. The van der Waals surface area contributed by atoms with Crippen LogP contribution in [0.4, 0.5) is 13.2 Å². The number of carbonyl (C=O) groups is 1. The molecule has 1 fully saturated rings. The van der Waals surface area contributed by atoms with E-state index in [4.69, 9.17) is 0 Å². The first-order valence-corrected chi connectivity index (χ1v) is 6.05. The number of aliphatic hydroxyl groups excluding tert-OH is 1. The molecule has 0 bridgehead atoms. The van der Waals surface area contributed by atoms with Crippen LogP contribution < -0.4 is 5.32 Å². The van der Waals surface area contributed by atoms with Crippen LogP contribution in [0.25, 0.3) is 0 Å². The van der Waals surface area contributed by atoms with Gasteiger partial charge in [-0.1, -0.05) is 12.8 Å². The van der Waals surface area contributed by atoms with E-state index in [9.17, 15) is 23.1 Å². The average molecular weight is 273 g/mol. The summed E-state index contributed by atoms with van der Waals surface area (Å²) < 4.78 is 39.7. The number of rotatable bonds is 3. The molecular formula is C13H14F3NO2. The summed E-state index contributed by atoms with van der Waals surface area (Å²) in [5, 5.41) is 11.8. The van der Waals surface area contributed by atoms with E-state index in [2.05, 4.69) is 5.32 Å². The maximum absolute atomic E-state index is 13.5. The molecule has 0 heterocycles. The molecule has 6 heteroatoms. The minimum Gasteiger partial charge on any atom is -0.394 e. The molecule has 1 aliphatic carbocycles. The Morgan fingerprint density at radius 2 is 1.74 bits per heavy atom. The highest BCUT2D eigenvalue weighted by atomic mass is 19.1. The first kappa shape index (κ1) is 13.9. The molecule has 1 aromatic carbocycles. The summed E-state index contributed by atoms with van der Waals surface area (Å²) in [4.78, 5) is 11.9. The Morgan fingerprint density at radius 3 is 2.21 bits per heavy atom. The molecule has 2 rings (SSSR count). The van der Waals surface area contributed by atoms with Gasteiger partial charge in [-0.25, -0.2) is 13.2 Å². The molecule has 0 unspecified atom stereocenters. The van der Waals surface area contributed by atoms with Crippen LogP contribution in [0, 0.1) is 17.5 Å². The van der Waals surface area contributed by atoms with E-state index in [1.807, 2.05) is 0 Å². The second kappa shape index (κ2) is 5.21. The van der Waals surface area contributed by atoms with Gasteiger partial charge < -0.3 is 10.4 Å². The van der Waals surface area contributed by atoms with Gasteiger partial charge in [0.05, 0.1) is 12.1 Å². The summed E-state index contributed by atoms with van der Waals surface area (Å²) >= 11 is 0. The Morgan fingerprint density at radius 1 is 1.21 bits per heavy atom. The summed E-state index contributed by atoms with van der Waals surface area (Å²) in [7, 11) is 0. The van der Waals surface area contributed by atoms with Crippen LogP contribution in [-0.4, -0.2) is 23.2 Å². The van der Waals surface area contributed by atoms with E-state index < -0.39 is 34.5 Å². The number of halogens is 3. The van der Waals surface area contributed by atoms with Crippen molar-refractivity contribution in [3.63, 3.8) is 0 Å². The number of benzene rings is 1. The Bertz CT molecular complexity index is 476. The van der Waals surface area contributed by atoms with Crippen molar-refractivity contribution in [2.45, 2.75) is 31.2 Å². The minimum absolute atomic E-state index is 0.289. The lowest BCUT2D eigenvalue weighted by Gasteiger charge is -2.28. The molecule has 0 atom stereocenters. The Balaban J connectivity index is 2.25. The first-order valence-electron chi connectivity index (χ1n) is 6.05. The van der Waals surface area contributed by atoms with Crippen molar-refractivity contribution in [3.8, 4) is 0 Å². The number of carbonyl (C=O) groups excluding carboxylic acids is 1. The average Bonchev–Trinajstić information content (AvgIpc) is 2.76. The van der Waals surface area contributed by atoms with E-state index in [0.717, 1.165) is 12.8 Å². The van der Waals surface area contributed by atoms with Crippen LogP contribution in [0.2, 0.25) is 0 Å². The van der Waals surface area contributed by atoms with Gasteiger partial charge in [0.25, 0.3) is 5.91 Å². The van der Waals surface area contributed by atoms with Gasteiger partial charge >= 0.3 is 0 Å². The Kier molecular flexibility index (Phi) is 3.80. The third-order valence-corrected chi connectivity index (χ3v) is 3.48. The maximum Gasteiger partial charge on any atom is 0.257 e. The zero-order valence-corrected chi connectivity index (χ0v) is 10.2. The van der Waals surface area contributed by atoms with Crippen molar-refractivity contribution in [2.75, 3.05) is 6.61 Å². The van der Waals surface area contributed by atoms with E-state index in [1.165, 1.54) is 0 Å². The third kappa shape index (κ3) is 2.73. The van der Waals surface area contributed by atoms with Gasteiger partial charge in [0.15, 0.2) is 0 Å². The van der Waals surface area contributed by atoms with Crippen molar-refractivity contribution >= 4 is 5.91 Å². The van der Waals surface area contributed by atoms with Crippen molar-refractivity contribution in [1.82, 2.24) is 5.32 Å². The normalized spacial score (nSPS) is 17.5. The quantitative estimate of drug-likeness (QED) is 0.886. The largest absolute Gasteiger partial charge is 0.394 e. The van der Waals surface area contributed by atoms with Crippen LogP contribution in [0.1, 0.15) is 36.0 Å². The molecule has 0 saturated heterocycles. The summed E-state index contributed by atoms with van der Waals surface area (Å²) in [6.07, 6.45) is 2.77. The molecule has 2 N–H and O–H groups in total. The smallest absolute Gasteiger partial charge is 0.257 e. The topological polar surface area (TPSA) is 49.3 Å². The molecular weight excluding hydrogens is 259 g/mol. The Labute approximate surface area is 108 Å². The van der Waals surface area contributed by atoms with Crippen molar-refractivity contribution in [3.05, 3.63) is 35.1 Å². The van der Waals surface area contributed by atoms with Crippen molar-refractivity contribution < 1.29 is 23.1 Å². The van der Waals surface area contributed by atoms with Crippen LogP contribution in [0.3, 0.4) is 0 Å². The maximum atomic E-state index is 13.5. The zero-order valence-electron chi connectivity index (χ0n) is 10.2. The predicted molar refractivity (Wildman–Crippen MR) is 62.1 cm³/mol. The molecule has 0 spiro atoms. The number of nitrogens with one attached hydrogen (secondary N) is 1. The molecule has 104 valence electrons. The minimum atomic E-state index is -1.25. The fourth-order valence-electron chi connectivity index (χ4n) is 2.44. The van der Waals surface area contributed by atoms with Gasteiger partial charge in [0.1, 0.15) is 23.0 Å². The van der Waals surface area contributed by atoms with Gasteiger partial charge in [-0.2, -0.15) is 0 Å². The van der Waals surface area contributed by atoms with Crippen LogP contribution in [0.15, 0.2) is 12.1 Å². The standard InChI is InChI=1S/C13H14F3NO2/c14-8-5-9(15)11(10(16)6-8)12(19)17-13(7-18)3-1-2-4-13/h5-6,18H,1-4,7H2,(H,17,19). The molecule has 0 aliphatic heterocycles. The van der Waals surface area contributed by atoms with E-state index in [-0.39, 0.29) is 6.61 Å². The van der Waals surface area contributed by atoms with E-state index in [1.54, 1.807) is 0 Å². The summed E-state index contributed by atoms with van der Waals surface area (Å²) in [6.45, 7) is -0.289. The number of aliphatic hydroxyl groups is 1. The summed E-state index contributed by atoms with van der Waals surface area (Å²) in [5.74, 6) is -4.54. The highest BCUT2D eigenvalue weighted by Crippen LogP contribution is 2.29. The second-order valence-corrected chi connectivity index (χ2v) is 4.84. The molecule has 1 aromatic rings. The highest BCUT2D eigenvalue weighted by Gasteiger charge is 2.36. The summed E-state index contributed by atoms with van der Waals surface area (Å²) in [5.41, 5.74) is -1.65. The molecule has 1 amide bonds. The van der Waals surface area contributed by atoms with Gasteiger partial charge in [-0.3, -0.25) is 4.79 Å². The number of hydrogen-bond acceptors (Lipinski definition) is 2. The molecule has 0 radical (unpaired) electrons. The van der Waals surface area contributed by atoms with Gasteiger partial charge in [-0.15, -0.1) is 0 Å². The third-order valence-electron chi connectivity index (χ3n) is 3.48. The number of amides is 1. The summed E-state index contributed by atoms with van der Waals surface area (Å²) in [6, 6.07) is 0.913. The molecule has 19 heavy (non-hydrogen) atoms. The lowest BCUT2D eigenvalue weighted by molar-refractivity contribution is 0.0830. The molecule has 0 aromatic heterocycles. The fraction of sp³-hybridized carbons (Fsp3) is 0.462. The number of hydrogen-bond donors (Lipinski definition) is 2.